The standard InChI is InChI=1S/C20H15F3N2O4/c1-25-11-14(10-17(25)29-19(27)28)24-18(26)16-5-3-2-4-15(16)12-6-8-13(9-7-12)20(21,22)23/h2-11H,1H3,(H,24,26)(H,27,28). The van der Waals surface area contributed by atoms with Crippen molar-refractivity contribution in [3.8, 4) is 17.0 Å². The number of carboxylic acid groups (broad SMARTS) is 1. The molecule has 3 aromatic rings. The van der Waals surface area contributed by atoms with Gasteiger partial charge in [0.25, 0.3) is 5.91 Å². The van der Waals surface area contributed by atoms with Gasteiger partial charge in [-0.1, -0.05) is 30.3 Å². The van der Waals surface area contributed by atoms with Gasteiger partial charge >= 0.3 is 12.3 Å². The first-order chi connectivity index (χ1) is 13.6. The number of amides is 1. The summed E-state index contributed by atoms with van der Waals surface area (Å²) >= 11 is 0. The van der Waals surface area contributed by atoms with Crippen molar-refractivity contribution >= 4 is 17.7 Å². The summed E-state index contributed by atoms with van der Waals surface area (Å²) in [6, 6.07) is 12.3. The van der Waals surface area contributed by atoms with Crippen LogP contribution in [0.3, 0.4) is 0 Å². The molecular formula is C20H15F3N2O4. The van der Waals surface area contributed by atoms with Gasteiger partial charge in [0.05, 0.1) is 11.3 Å². The molecule has 0 saturated heterocycles. The number of nitrogens with zero attached hydrogens (tertiary/aromatic N) is 1. The molecule has 0 aliphatic heterocycles. The van der Waals surface area contributed by atoms with E-state index in [0.29, 0.717) is 16.8 Å². The second-order valence-electron chi connectivity index (χ2n) is 6.12. The van der Waals surface area contributed by atoms with Crippen LogP contribution in [0.25, 0.3) is 11.1 Å². The fourth-order valence-corrected chi connectivity index (χ4v) is 2.77. The van der Waals surface area contributed by atoms with E-state index < -0.39 is 23.8 Å². The smallest absolute Gasteiger partial charge is 0.449 e. The van der Waals surface area contributed by atoms with Crippen molar-refractivity contribution in [1.82, 2.24) is 4.57 Å². The van der Waals surface area contributed by atoms with E-state index in [1.54, 1.807) is 31.3 Å². The van der Waals surface area contributed by atoms with Gasteiger partial charge in [0.2, 0.25) is 5.88 Å². The number of carbonyl (C=O) groups is 2. The summed E-state index contributed by atoms with van der Waals surface area (Å²) in [5, 5.41) is 11.3. The van der Waals surface area contributed by atoms with Crippen LogP contribution in [-0.4, -0.2) is 21.7 Å². The van der Waals surface area contributed by atoms with Crippen LogP contribution in [0.1, 0.15) is 15.9 Å². The van der Waals surface area contributed by atoms with Gasteiger partial charge < -0.3 is 19.7 Å². The Morgan fingerprint density at radius 2 is 1.72 bits per heavy atom. The third-order valence-corrected chi connectivity index (χ3v) is 4.10. The van der Waals surface area contributed by atoms with Gasteiger partial charge in [-0.15, -0.1) is 0 Å². The fourth-order valence-electron chi connectivity index (χ4n) is 2.77. The van der Waals surface area contributed by atoms with E-state index in [0.717, 1.165) is 12.1 Å². The number of rotatable bonds is 4. The first kappa shape index (κ1) is 20.0. The Morgan fingerprint density at radius 3 is 2.34 bits per heavy atom. The average molecular weight is 404 g/mol. The summed E-state index contributed by atoms with van der Waals surface area (Å²) in [6.45, 7) is 0. The first-order valence-corrected chi connectivity index (χ1v) is 8.30. The summed E-state index contributed by atoms with van der Waals surface area (Å²) < 4.78 is 44.3. The maximum absolute atomic E-state index is 12.8. The molecule has 0 aliphatic carbocycles. The Balaban J connectivity index is 1.87. The Kier molecular flexibility index (Phi) is 5.31. The van der Waals surface area contributed by atoms with Gasteiger partial charge in [0.15, 0.2) is 0 Å². The number of hydrogen-bond donors (Lipinski definition) is 2. The molecule has 6 nitrogen and oxygen atoms in total. The quantitative estimate of drug-likeness (QED) is 0.599. The molecule has 1 aromatic heterocycles. The third-order valence-electron chi connectivity index (χ3n) is 4.10. The van der Waals surface area contributed by atoms with Crippen LogP contribution in [0.2, 0.25) is 0 Å². The number of aryl methyl sites for hydroxylation is 1. The number of hydrogen-bond acceptors (Lipinski definition) is 3. The summed E-state index contributed by atoms with van der Waals surface area (Å²) in [4.78, 5) is 23.4. The van der Waals surface area contributed by atoms with Gasteiger partial charge in [0, 0.05) is 24.9 Å². The van der Waals surface area contributed by atoms with Gasteiger partial charge in [-0.05, 0) is 29.3 Å². The first-order valence-electron chi connectivity index (χ1n) is 8.30. The number of aromatic nitrogens is 1. The Morgan fingerprint density at radius 1 is 1.07 bits per heavy atom. The molecule has 0 atom stereocenters. The highest BCUT2D eigenvalue weighted by Gasteiger charge is 2.30. The molecule has 0 radical (unpaired) electrons. The maximum Gasteiger partial charge on any atom is 0.512 e. The summed E-state index contributed by atoms with van der Waals surface area (Å²) in [6.07, 6.45) is -4.47. The molecule has 1 heterocycles. The molecule has 1 amide bonds. The third kappa shape index (κ3) is 4.57. The number of anilines is 1. The predicted molar refractivity (Wildman–Crippen MR) is 98.9 cm³/mol. The molecule has 150 valence electrons. The Labute approximate surface area is 163 Å². The molecule has 9 heteroatoms. The van der Waals surface area contributed by atoms with Gasteiger partial charge in [-0.25, -0.2) is 4.79 Å². The highest BCUT2D eigenvalue weighted by Crippen LogP contribution is 2.32. The molecule has 0 fully saturated rings. The minimum Gasteiger partial charge on any atom is -0.449 e. The van der Waals surface area contributed by atoms with Crippen LogP contribution in [0.4, 0.5) is 23.7 Å². The minimum atomic E-state index is -4.45. The number of nitrogens with one attached hydrogen (secondary N) is 1. The monoisotopic (exact) mass is 404 g/mol. The van der Waals surface area contributed by atoms with E-state index in [2.05, 4.69) is 10.1 Å². The number of halogens is 3. The van der Waals surface area contributed by atoms with Crippen LogP contribution >= 0.6 is 0 Å². The number of alkyl halides is 3. The highest BCUT2D eigenvalue weighted by molar-refractivity contribution is 6.08. The molecule has 0 aliphatic rings. The molecule has 0 spiro atoms. The average Bonchev–Trinajstić information content (AvgIpc) is 2.99. The van der Waals surface area contributed by atoms with E-state index in [1.165, 1.54) is 29.0 Å². The van der Waals surface area contributed by atoms with Crippen molar-refractivity contribution in [2.45, 2.75) is 6.18 Å². The molecule has 0 saturated carbocycles. The Bertz CT molecular complexity index is 1060. The van der Waals surface area contributed by atoms with Crippen molar-refractivity contribution in [3.63, 3.8) is 0 Å². The van der Waals surface area contributed by atoms with Crippen molar-refractivity contribution in [2.75, 3.05) is 5.32 Å². The molecule has 2 aromatic carbocycles. The number of ether oxygens (including phenoxy) is 1. The van der Waals surface area contributed by atoms with Crippen LogP contribution in [-0.2, 0) is 13.2 Å². The van der Waals surface area contributed by atoms with Crippen LogP contribution < -0.4 is 10.1 Å². The molecule has 2 N–H and O–H groups in total. The molecule has 0 unspecified atom stereocenters. The van der Waals surface area contributed by atoms with E-state index in [1.807, 2.05) is 0 Å². The molecule has 0 bridgehead atoms. The zero-order valence-corrected chi connectivity index (χ0v) is 15.0. The SMILES string of the molecule is Cn1cc(NC(=O)c2ccccc2-c2ccc(C(F)(F)F)cc2)cc1OC(=O)O. The van der Waals surface area contributed by atoms with Gasteiger partial charge in [-0.2, -0.15) is 13.2 Å². The topological polar surface area (TPSA) is 80.6 Å². The summed E-state index contributed by atoms with van der Waals surface area (Å²) in [5.74, 6) is -0.489. The van der Waals surface area contributed by atoms with Crippen molar-refractivity contribution in [3.05, 3.63) is 71.9 Å². The summed E-state index contributed by atoms with van der Waals surface area (Å²) in [7, 11) is 1.55. The Hall–Kier alpha value is -3.75. The van der Waals surface area contributed by atoms with Crippen molar-refractivity contribution in [2.24, 2.45) is 7.05 Å². The lowest BCUT2D eigenvalue weighted by molar-refractivity contribution is -0.137. The minimum absolute atomic E-state index is 0.0174. The highest BCUT2D eigenvalue weighted by atomic mass is 19.4. The van der Waals surface area contributed by atoms with E-state index in [9.17, 15) is 22.8 Å². The molecule has 29 heavy (non-hydrogen) atoms. The van der Waals surface area contributed by atoms with E-state index in [4.69, 9.17) is 5.11 Å². The van der Waals surface area contributed by atoms with Crippen LogP contribution in [0.5, 0.6) is 5.88 Å². The lowest BCUT2D eigenvalue weighted by Gasteiger charge is -2.11. The van der Waals surface area contributed by atoms with E-state index >= 15 is 0 Å². The normalized spacial score (nSPS) is 11.2. The largest absolute Gasteiger partial charge is 0.512 e. The second kappa shape index (κ2) is 7.70. The molecule has 3 rings (SSSR count). The van der Waals surface area contributed by atoms with E-state index in [-0.39, 0.29) is 11.4 Å². The fraction of sp³-hybridized carbons (Fsp3) is 0.100. The number of carbonyl (C=O) groups excluding carboxylic acids is 1. The molecular weight excluding hydrogens is 389 g/mol. The summed E-state index contributed by atoms with van der Waals surface area (Å²) in [5.41, 5.74) is 0.676. The predicted octanol–water partition coefficient (Wildman–Crippen LogP) is 5.02. The van der Waals surface area contributed by atoms with Crippen LogP contribution in [0.15, 0.2) is 60.8 Å². The maximum atomic E-state index is 12.8. The number of benzene rings is 2. The van der Waals surface area contributed by atoms with Crippen LogP contribution in [0, 0.1) is 0 Å². The van der Waals surface area contributed by atoms with Crippen molar-refractivity contribution < 1.29 is 32.6 Å². The van der Waals surface area contributed by atoms with Gasteiger partial charge in [-0.3, -0.25) is 4.79 Å². The zero-order chi connectivity index (χ0) is 21.2. The lowest BCUT2D eigenvalue weighted by atomic mass is 9.98. The van der Waals surface area contributed by atoms with Gasteiger partial charge in [0.1, 0.15) is 0 Å². The lowest BCUT2D eigenvalue weighted by Crippen LogP contribution is -2.12. The zero-order valence-electron chi connectivity index (χ0n) is 15.0. The second-order valence-corrected chi connectivity index (χ2v) is 6.12. The van der Waals surface area contributed by atoms with Crippen molar-refractivity contribution in [1.29, 1.82) is 0 Å².